The predicted octanol–water partition coefficient (Wildman–Crippen LogP) is 3.10. The first-order valence-corrected chi connectivity index (χ1v) is 9.60. The zero-order valence-electron chi connectivity index (χ0n) is 17.9. The van der Waals surface area contributed by atoms with E-state index in [0.29, 0.717) is 24.4 Å². The molecule has 0 unspecified atom stereocenters. The number of aromatic nitrogens is 1. The molecule has 0 aliphatic rings. The van der Waals surface area contributed by atoms with Crippen LogP contribution in [0.5, 0.6) is 0 Å². The number of carbonyl (C=O) groups is 2. The predicted molar refractivity (Wildman–Crippen MR) is 115 cm³/mol. The van der Waals surface area contributed by atoms with Crippen LogP contribution >= 0.6 is 0 Å². The number of nitrogens with one attached hydrogen (secondary N) is 1. The molecule has 0 bridgehead atoms. The van der Waals surface area contributed by atoms with Crippen molar-refractivity contribution in [1.82, 2.24) is 4.57 Å². The van der Waals surface area contributed by atoms with Crippen LogP contribution in [0.1, 0.15) is 29.4 Å². The number of amides is 1. The van der Waals surface area contributed by atoms with E-state index in [4.69, 9.17) is 14.7 Å². The van der Waals surface area contributed by atoms with Crippen LogP contribution in [0.15, 0.2) is 35.9 Å². The third kappa shape index (κ3) is 6.05. The quantitative estimate of drug-likeness (QED) is 0.398. The molecule has 31 heavy (non-hydrogen) atoms. The molecular weight excluding hydrogens is 396 g/mol. The number of rotatable bonds is 8. The van der Waals surface area contributed by atoms with Crippen LogP contribution < -0.4 is 5.32 Å². The number of nitriles is 2. The number of hydrogen-bond acceptors (Lipinski definition) is 6. The summed E-state index contributed by atoms with van der Waals surface area (Å²) < 4.78 is 12.3. The summed E-state index contributed by atoms with van der Waals surface area (Å²) in [5.41, 5.74) is 3.31. The topological polar surface area (TPSA) is 117 Å². The minimum Gasteiger partial charge on any atom is -0.448 e. The summed E-state index contributed by atoms with van der Waals surface area (Å²) in [6.07, 6.45) is 0.341. The van der Waals surface area contributed by atoms with Crippen LogP contribution in [0.3, 0.4) is 0 Å². The van der Waals surface area contributed by atoms with E-state index in [9.17, 15) is 14.9 Å². The Morgan fingerprint density at radius 2 is 1.90 bits per heavy atom. The number of nitrogens with zero attached hydrogens (tertiary/aromatic N) is 3. The van der Waals surface area contributed by atoms with Gasteiger partial charge in [0.15, 0.2) is 6.10 Å². The third-order valence-corrected chi connectivity index (χ3v) is 4.71. The van der Waals surface area contributed by atoms with Crippen LogP contribution in [0.4, 0.5) is 5.69 Å². The third-order valence-electron chi connectivity index (χ3n) is 4.71. The van der Waals surface area contributed by atoms with Crippen molar-refractivity contribution in [3.63, 3.8) is 0 Å². The summed E-state index contributed by atoms with van der Waals surface area (Å²) in [4.78, 5) is 24.8. The molecule has 0 fully saturated rings. The van der Waals surface area contributed by atoms with E-state index in [2.05, 4.69) is 5.32 Å². The number of esters is 1. The first-order chi connectivity index (χ1) is 14.8. The monoisotopic (exact) mass is 420 g/mol. The maximum Gasteiger partial charge on any atom is 0.349 e. The second kappa shape index (κ2) is 10.8. The second-order valence-corrected chi connectivity index (χ2v) is 6.87. The maximum absolute atomic E-state index is 12.4. The average molecular weight is 420 g/mol. The molecule has 8 nitrogen and oxygen atoms in total. The van der Waals surface area contributed by atoms with Crippen molar-refractivity contribution in [1.29, 1.82) is 10.5 Å². The lowest BCUT2D eigenvalue weighted by Gasteiger charge is -2.13. The minimum absolute atomic E-state index is 0.204. The Kier molecular flexibility index (Phi) is 8.13. The van der Waals surface area contributed by atoms with Crippen molar-refractivity contribution in [2.75, 3.05) is 19.0 Å². The Labute approximate surface area is 181 Å². The van der Waals surface area contributed by atoms with Gasteiger partial charge in [-0.25, -0.2) is 4.79 Å². The van der Waals surface area contributed by atoms with Gasteiger partial charge in [0.1, 0.15) is 11.6 Å². The van der Waals surface area contributed by atoms with Gasteiger partial charge >= 0.3 is 5.97 Å². The summed E-state index contributed by atoms with van der Waals surface area (Å²) >= 11 is 0. The van der Waals surface area contributed by atoms with E-state index < -0.39 is 18.0 Å². The molecule has 8 heteroatoms. The van der Waals surface area contributed by atoms with Gasteiger partial charge in [0, 0.05) is 30.7 Å². The number of hydrogen-bond donors (Lipinski definition) is 1. The summed E-state index contributed by atoms with van der Waals surface area (Å²) in [5, 5.41) is 20.8. The first kappa shape index (κ1) is 23.4. The van der Waals surface area contributed by atoms with Crippen LogP contribution in [0.25, 0.3) is 6.08 Å². The molecule has 2 rings (SSSR count). The Balaban J connectivity index is 2.09. The van der Waals surface area contributed by atoms with E-state index >= 15 is 0 Å². The van der Waals surface area contributed by atoms with E-state index in [1.54, 1.807) is 31.4 Å². The molecule has 0 spiro atoms. The number of benzene rings is 1. The molecule has 1 N–H and O–H groups in total. The highest BCUT2D eigenvalue weighted by molar-refractivity contribution is 6.01. The fourth-order valence-electron chi connectivity index (χ4n) is 2.94. The molecule has 0 aliphatic carbocycles. The van der Waals surface area contributed by atoms with Crippen LogP contribution in [-0.4, -0.2) is 36.3 Å². The lowest BCUT2D eigenvalue weighted by atomic mass is 10.1. The Morgan fingerprint density at radius 1 is 1.23 bits per heavy atom. The largest absolute Gasteiger partial charge is 0.448 e. The van der Waals surface area contributed by atoms with Gasteiger partial charge in [0.2, 0.25) is 0 Å². The number of ether oxygens (including phenoxy) is 2. The van der Waals surface area contributed by atoms with Crippen molar-refractivity contribution >= 4 is 23.6 Å². The minimum atomic E-state index is -1.12. The van der Waals surface area contributed by atoms with Crippen LogP contribution in [0, 0.1) is 36.5 Å². The summed E-state index contributed by atoms with van der Waals surface area (Å²) in [5.74, 6) is -1.43. The summed E-state index contributed by atoms with van der Waals surface area (Å²) in [6.45, 7) is 6.43. The molecule has 0 aliphatic heterocycles. The van der Waals surface area contributed by atoms with Crippen molar-refractivity contribution in [2.45, 2.75) is 33.4 Å². The molecular formula is C23H24N4O4. The average Bonchev–Trinajstić information content (AvgIpc) is 3.03. The molecule has 2 aromatic rings. The lowest BCUT2D eigenvalue weighted by molar-refractivity contribution is -0.148. The standard InChI is InChI=1S/C23H24N4O4/c1-15-11-19(16(2)27(15)9-10-30-4)12-20(14-25)23(29)31-17(3)22(28)26-21-7-5-18(13-24)6-8-21/h5-8,11-12,17H,9-10H2,1-4H3,(H,26,28)/b20-12+/t17-/m0/s1. The molecule has 1 heterocycles. The maximum atomic E-state index is 12.4. The van der Waals surface area contributed by atoms with E-state index in [1.165, 1.54) is 13.0 Å². The van der Waals surface area contributed by atoms with Gasteiger partial charge in [-0.1, -0.05) is 0 Å². The van der Waals surface area contributed by atoms with Gasteiger partial charge < -0.3 is 19.4 Å². The van der Waals surface area contributed by atoms with Crippen molar-refractivity contribution in [2.24, 2.45) is 0 Å². The fraction of sp³-hybridized carbons (Fsp3) is 0.304. The normalized spacial score (nSPS) is 11.9. The Hall–Kier alpha value is -3.88. The van der Waals surface area contributed by atoms with E-state index in [0.717, 1.165) is 17.0 Å². The summed E-state index contributed by atoms with van der Waals surface area (Å²) in [7, 11) is 1.62. The van der Waals surface area contributed by atoms with Gasteiger partial charge in [-0.05, 0) is 62.7 Å². The molecule has 0 saturated heterocycles. The Bertz CT molecular complexity index is 1070. The van der Waals surface area contributed by atoms with Crippen LogP contribution in [-0.2, 0) is 25.6 Å². The number of aryl methyl sites for hydroxylation is 1. The molecule has 0 radical (unpaired) electrons. The zero-order valence-corrected chi connectivity index (χ0v) is 17.9. The summed E-state index contributed by atoms with van der Waals surface area (Å²) in [6, 6.07) is 12.0. The van der Waals surface area contributed by atoms with Gasteiger partial charge in [0.25, 0.3) is 5.91 Å². The van der Waals surface area contributed by atoms with E-state index in [-0.39, 0.29) is 5.57 Å². The van der Waals surface area contributed by atoms with Crippen LogP contribution in [0.2, 0.25) is 0 Å². The van der Waals surface area contributed by atoms with Crippen molar-refractivity contribution in [3.05, 3.63) is 58.4 Å². The molecule has 160 valence electrons. The number of anilines is 1. The van der Waals surface area contributed by atoms with Crippen molar-refractivity contribution in [3.8, 4) is 12.1 Å². The lowest BCUT2D eigenvalue weighted by Crippen LogP contribution is -2.30. The van der Waals surface area contributed by atoms with Gasteiger partial charge in [-0.15, -0.1) is 0 Å². The van der Waals surface area contributed by atoms with Gasteiger partial charge in [-0.3, -0.25) is 4.79 Å². The first-order valence-electron chi connectivity index (χ1n) is 9.60. The highest BCUT2D eigenvalue weighted by atomic mass is 16.5. The molecule has 1 amide bonds. The van der Waals surface area contributed by atoms with Gasteiger partial charge in [0.05, 0.1) is 18.2 Å². The molecule has 1 atom stereocenters. The highest BCUT2D eigenvalue weighted by Gasteiger charge is 2.21. The SMILES string of the molecule is COCCn1c(C)cc(/C=C(\C#N)C(=O)O[C@@H](C)C(=O)Nc2ccc(C#N)cc2)c1C. The van der Waals surface area contributed by atoms with Crippen molar-refractivity contribution < 1.29 is 19.1 Å². The second-order valence-electron chi connectivity index (χ2n) is 6.87. The number of carbonyl (C=O) groups excluding carboxylic acids is 2. The molecule has 1 aromatic heterocycles. The zero-order chi connectivity index (χ0) is 23.0. The molecule has 0 saturated carbocycles. The number of methoxy groups -OCH3 is 1. The fourth-order valence-corrected chi connectivity index (χ4v) is 2.94. The van der Waals surface area contributed by atoms with Gasteiger partial charge in [-0.2, -0.15) is 10.5 Å². The highest BCUT2D eigenvalue weighted by Crippen LogP contribution is 2.19. The Morgan fingerprint density at radius 3 is 2.48 bits per heavy atom. The smallest absolute Gasteiger partial charge is 0.349 e. The van der Waals surface area contributed by atoms with E-state index in [1.807, 2.05) is 36.6 Å². The molecule has 1 aromatic carbocycles.